The van der Waals surface area contributed by atoms with Gasteiger partial charge in [0.2, 0.25) is 0 Å². The van der Waals surface area contributed by atoms with Gasteiger partial charge < -0.3 is 5.73 Å². The molecule has 1 heteroatoms. The van der Waals surface area contributed by atoms with Crippen LogP contribution in [0.4, 0.5) is 0 Å². The van der Waals surface area contributed by atoms with Gasteiger partial charge in [-0.2, -0.15) is 0 Å². The molecule has 2 aromatic carbocycles. The van der Waals surface area contributed by atoms with Gasteiger partial charge >= 0.3 is 0 Å². The van der Waals surface area contributed by atoms with Gasteiger partial charge in [-0.3, -0.25) is 0 Å². The molecule has 2 rings (SSSR count). The van der Waals surface area contributed by atoms with E-state index in [1.807, 2.05) is 6.07 Å². The normalized spacial score (nSPS) is 14.7. The summed E-state index contributed by atoms with van der Waals surface area (Å²) in [5, 5.41) is 0. The molecule has 0 fully saturated rings. The first kappa shape index (κ1) is 15.8. The molecule has 2 N–H and O–H groups in total. The minimum Gasteiger partial charge on any atom is -0.323 e. The lowest BCUT2D eigenvalue weighted by Gasteiger charge is -2.32. The van der Waals surface area contributed by atoms with E-state index in [0.717, 1.165) is 0 Å². The van der Waals surface area contributed by atoms with Gasteiger partial charge in [0.1, 0.15) is 0 Å². The summed E-state index contributed by atoms with van der Waals surface area (Å²) in [4.78, 5) is 0. The topological polar surface area (TPSA) is 26.0 Å². The molecule has 0 aliphatic heterocycles. The average Bonchev–Trinajstić information content (AvgIpc) is 2.54. The van der Waals surface area contributed by atoms with Crippen molar-refractivity contribution in [2.24, 2.45) is 5.73 Å². The largest absolute Gasteiger partial charge is 0.323 e. The Kier molecular flexibility index (Phi) is 4.84. The van der Waals surface area contributed by atoms with E-state index in [4.69, 9.17) is 5.73 Å². The van der Waals surface area contributed by atoms with Crippen LogP contribution in [0, 0.1) is 0 Å². The Bertz CT molecular complexity index is 554. The monoisotopic (exact) mass is 281 g/mol. The highest BCUT2D eigenvalue weighted by molar-refractivity contribution is 5.33. The second-order valence-electron chi connectivity index (χ2n) is 6.54. The standard InChI is InChI=1S/C20H27N/c1-5-15(2)16-11-13-17(14-12-16)19(21)20(3,4)18-9-7-6-8-10-18/h6-15,19H,5,21H2,1-4H3. The minimum absolute atomic E-state index is 0.00844. The SMILES string of the molecule is CCC(C)c1ccc(C(N)C(C)(C)c2ccccc2)cc1. The van der Waals surface area contributed by atoms with Crippen molar-refractivity contribution in [1.82, 2.24) is 0 Å². The molecule has 0 heterocycles. The van der Waals surface area contributed by atoms with Crippen LogP contribution in [-0.4, -0.2) is 0 Å². The van der Waals surface area contributed by atoms with Crippen LogP contribution in [0.3, 0.4) is 0 Å². The van der Waals surface area contributed by atoms with Crippen molar-refractivity contribution >= 4 is 0 Å². The van der Waals surface area contributed by atoms with Gasteiger partial charge in [-0.05, 0) is 29.0 Å². The molecule has 112 valence electrons. The van der Waals surface area contributed by atoms with Crippen LogP contribution in [0.25, 0.3) is 0 Å². The van der Waals surface area contributed by atoms with E-state index in [1.54, 1.807) is 0 Å². The number of rotatable bonds is 5. The first-order valence-electron chi connectivity index (χ1n) is 7.87. The van der Waals surface area contributed by atoms with E-state index in [2.05, 4.69) is 76.2 Å². The highest BCUT2D eigenvalue weighted by Crippen LogP contribution is 2.35. The van der Waals surface area contributed by atoms with Gasteiger partial charge in [0.25, 0.3) is 0 Å². The van der Waals surface area contributed by atoms with Gasteiger partial charge in [0.05, 0.1) is 0 Å². The Morgan fingerprint density at radius 1 is 0.905 bits per heavy atom. The Labute approximate surface area is 129 Å². The highest BCUT2D eigenvalue weighted by atomic mass is 14.7. The molecular formula is C20H27N. The first-order valence-corrected chi connectivity index (χ1v) is 7.87. The van der Waals surface area contributed by atoms with Crippen molar-refractivity contribution in [3.8, 4) is 0 Å². The van der Waals surface area contributed by atoms with Gasteiger partial charge in [-0.25, -0.2) is 0 Å². The van der Waals surface area contributed by atoms with Gasteiger partial charge in [-0.15, -0.1) is 0 Å². The zero-order chi connectivity index (χ0) is 15.5. The molecule has 0 radical (unpaired) electrons. The fraction of sp³-hybridized carbons (Fsp3) is 0.400. The van der Waals surface area contributed by atoms with Crippen molar-refractivity contribution in [3.05, 3.63) is 71.3 Å². The average molecular weight is 281 g/mol. The molecular weight excluding hydrogens is 254 g/mol. The summed E-state index contributed by atoms with van der Waals surface area (Å²) >= 11 is 0. The molecule has 0 saturated carbocycles. The van der Waals surface area contributed by atoms with E-state index >= 15 is 0 Å². The summed E-state index contributed by atoms with van der Waals surface area (Å²) in [5.74, 6) is 0.609. The lowest BCUT2D eigenvalue weighted by Crippen LogP contribution is -2.33. The summed E-state index contributed by atoms with van der Waals surface area (Å²) in [5.41, 5.74) is 10.4. The van der Waals surface area contributed by atoms with Crippen LogP contribution in [0.5, 0.6) is 0 Å². The third-order valence-corrected chi connectivity index (χ3v) is 4.77. The summed E-state index contributed by atoms with van der Waals surface area (Å²) in [6.07, 6.45) is 1.17. The molecule has 2 aromatic rings. The quantitative estimate of drug-likeness (QED) is 0.803. The number of hydrogen-bond acceptors (Lipinski definition) is 1. The molecule has 0 aliphatic rings. The Morgan fingerprint density at radius 2 is 1.43 bits per heavy atom. The van der Waals surface area contributed by atoms with Gasteiger partial charge in [-0.1, -0.05) is 82.3 Å². The van der Waals surface area contributed by atoms with Crippen molar-refractivity contribution in [2.75, 3.05) is 0 Å². The molecule has 2 atom stereocenters. The first-order chi connectivity index (χ1) is 9.96. The molecule has 21 heavy (non-hydrogen) atoms. The van der Waals surface area contributed by atoms with Gasteiger partial charge in [0, 0.05) is 11.5 Å². The Hall–Kier alpha value is -1.60. The second kappa shape index (κ2) is 6.44. The zero-order valence-electron chi connectivity index (χ0n) is 13.6. The van der Waals surface area contributed by atoms with Crippen LogP contribution < -0.4 is 5.73 Å². The zero-order valence-corrected chi connectivity index (χ0v) is 13.6. The summed E-state index contributed by atoms with van der Waals surface area (Å²) in [6, 6.07) is 19.4. The maximum absolute atomic E-state index is 6.56. The Morgan fingerprint density at radius 3 is 1.95 bits per heavy atom. The van der Waals surface area contributed by atoms with Crippen LogP contribution in [0.15, 0.2) is 54.6 Å². The Balaban J connectivity index is 2.25. The number of benzene rings is 2. The summed E-state index contributed by atoms with van der Waals surface area (Å²) < 4.78 is 0. The third kappa shape index (κ3) is 3.36. The maximum atomic E-state index is 6.56. The van der Waals surface area contributed by atoms with Crippen molar-refractivity contribution in [2.45, 2.75) is 51.5 Å². The van der Waals surface area contributed by atoms with E-state index in [9.17, 15) is 0 Å². The van der Waals surface area contributed by atoms with E-state index in [0.29, 0.717) is 5.92 Å². The second-order valence-corrected chi connectivity index (χ2v) is 6.54. The predicted octanol–water partition coefficient (Wildman–Crippen LogP) is 5.18. The molecule has 0 spiro atoms. The molecule has 0 bridgehead atoms. The van der Waals surface area contributed by atoms with Crippen LogP contribution in [0.2, 0.25) is 0 Å². The van der Waals surface area contributed by atoms with Crippen molar-refractivity contribution < 1.29 is 0 Å². The maximum Gasteiger partial charge on any atom is 0.0387 e. The van der Waals surface area contributed by atoms with Gasteiger partial charge in [0.15, 0.2) is 0 Å². The number of nitrogens with two attached hydrogens (primary N) is 1. The molecule has 0 saturated heterocycles. The minimum atomic E-state index is -0.0842. The molecule has 1 nitrogen and oxygen atoms in total. The van der Waals surface area contributed by atoms with Crippen molar-refractivity contribution in [1.29, 1.82) is 0 Å². The third-order valence-electron chi connectivity index (χ3n) is 4.77. The summed E-state index contributed by atoms with van der Waals surface area (Å²) in [6.45, 7) is 8.93. The van der Waals surface area contributed by atoms with E-state index in [-0.39, 0.29) is 11.5 Å². The smallest absolute Gasteiger partial charge is 0.0387 e. The lowest BCUT2D eigenvalue weighted by molar-refractivity contribution is 0.420. The molecule has 0 amide bonds. The van der Waals surface area contributed by atoms with E-state index in [1.165, 1.54) is 23.1 Å². The molecule has 0 aromatic heterocycles. The highest BCUT2D eigenvalue weighted by Gasteiger charge is 2.29. The summed E-state index contributed by atoms with van der Waals surface area (Å²) in [7, 11) is 0. The van der Waals surface area contributed by atoms with Crippen LogP contribution in [0.1, 0.15) is 62.8 Å². The van der Waals surface area contributed by atoms with Crippen LogP contribution in [-0.2, 0) is 5.41 Å². The predicted molar refractivity (Wildman–Crippen MR) is 91.5 cm³/mol. The van der Waals surface area contributed by atoms with Crippen molar-refractivity contribution in [3.63, 3.8) is 0 Å². The fourth-order valence-electron chi connectivity index (χ4n) is 2.73. The number of hydrogen-bond donors (Lipinski definition) is 1. The van der Waals surface area contributed by atoms with Crippen LogP contribution >= 0.6 is 0 Å². The molecule has 0 aliphatic carbocycles. The fourth-order valence-corrected chi connectivity index (χ4v) is 2.73. The lowest BCUT2D eigenvalue weighted by atomic mass is 9.75. The van der Waals surface area contributed by atoms with E-state index < -0.39 is 0 Å². The molecule has 2 unspecified atom stereocenters.